The third-order valence-electron chi connectivity index (χ3n) is 5.79. The van der Waals surface area contributed by atoms with Crippen molar-refractivity contribution in [3.63, 3.8) is 0 Å². The second kappa shape index (κ2) is 11.2. The molecule has 0 saturated carbocycles. The van der Waals surface area contributed by atoms with E-state index in [1.54, 1.807) is 20.8 Å². The largest absolute Gasteiger partial charge is 0.465 e. The Morgan fingerprint density at radius 2 is 1.93 bits per heavy atom. The van der Waals surface area contributed by atoms with Crippen LogP contribution in [0.4, 0.5) is 0 Å². The quantitative estimate of drug-likeness (QED) is 0.215. The van der Waals surface area contributed by atoms with Crippen molar-refractivity contribution in [3.05, 3.63) is 11.6 Å². The molecular weight excluding hydrogens is 394 g/mol. The van der Waals surface area contributed by atoms with Crippen molar-refractivity contribution in [1.29, 1.82) is 0 Å². The molecule has 1 amide bonds. The lowest BCUT2D eigenvalue weighted by Gasteiger charge is -2.38. The standard InChI is InChI=1S/C21H35NO8/c1-5-28-18(25)9-22-17(24)7-11(2)6-15-20(27)19(26)14(10-29-15)8-16-21(30-16)12(3)13(4)23/h7,12-16,19-21,23,26-27H,5-6,8-10H2,1-4H3,(H,22,24)/b11-7+/t12-,13-,14-,15-,16-,19+,20-,21-/m0/s1. The summed E-state index contributed by atoms with van der Waals surface area (Å²) in [6, 6.07) is 0. The molecule has 0 radical (unpaired) electrons. The molecule has 2 aliphatic rings. The number of amides is 1. The van der Waals surface area contributed by atoms with Gasteiger partial charge in [0, 0.05) is 17.9 Å². The van der Waals surface area contributed by atoms with E-state index < -0.39 is 36.3 Å². The van der Waals surface area contributed by atoms with Crippen LogP contribution in [-0.4, -0.2) is 83.6 Å². The summed E-state index contributed by atoms with van der Waals surface area (Å²) in [6.07, 6.45) is -1.05. The maximum absolute atomic E-state index is 11.9. The number of aliphatic hydroxyl groups is 3. The molecule has 0 aromatic carbocycles. The number of rotatable bonds is 10. The molecule has 30 heavy (non-hydrogen) atoms. The molecule has 0 bridgehead atoms. The van der Waals surface area contributed by atoms with Crippen molar-refractivity contribution >= 4 is 11.9 Å². The molecule has 0 aromatic rings. The fourth-order valence-electron chi connectivity index (χ4n) is 3.73. The van der Waals surface area contributed by atoms with E-state index >= 15 is 0 Å². The maximum Gasteiger partial charge on any atom is 0.325 e. The van der Waals surface area contributed by atoms with Gasteiger partial charge in [0.05, 0.1) is 43.7 Å². The monoisotopic (exact) mass is 429 g/mol. The number of esters is 1. The highest BCUT2D eigenvalue weighted by Gasteiger charge is 2.48. The van der Waals surface area contributed by atoms with Crippen molar-refractivity contribution in [1.82, 2.24) is 5.32 Å². The Morgan fingerprint density at radius 1 is 1.23 bits per heavy atom. The van der Waals surface area contributed by atoms with Crippen LogP contribution in [0.25, 0.3) is 0 Å². The minimum absolute atomic E-state index is 0.0112. The highest BCUT2D eigenvalue weighted by atomic mass is 16.6. The van der Waals surface area contributed by atoms with Crippen LogP contribution in [0.3, 0.4) is 0 Å². The van der Waals surface area contributed by atoms with E-state index in [9.17, 15) is 24.9 Å². The van der Waals surface area contributed by atoms with Crippen LogP contribution in [-0.2, 0) is 23.8 Å². The lowest BCUT2D eigenvalue weighted by molar-refractivity contribution is -0.165. The number of epoxide rings is 1. The zero-order chi connectivity index (χ0) is 22.4. The topological polar surface area (TPSA) is 138 Å². The molecule has 172 valence electrons. The van der Waals surface area contributed by atoms with Crippen LogP contribution in [0.5, 0.6) is 0 Å². The molecule has 0 spiro atoms. The molecule has 0 aromatic heterocycles. The Bertz CT molecular complexity index is 622. The van der Waals surface area contributed by atoms with E-state index in [1.165, 1.54) is 6.08 Å². The molecule has 9 nitrogen and oxygen atoms in total. The summed E-state index contributed by atoms with van der Waals surface area (Å²) in [5, 5.41) is 33.1. The number of hydrogen-bond donors (Lipinski definition) is 4. The average Bonchev–Trinajstić information content (AvgIpc) is 3.44. The van der Waals surface area contributed by atoms with Gasteiger partial charge in [-0.25, -0.2) is 0 Å². The summed E-state index contributed by atoms with van der Waals surface area (Å²) in [7, 11) is 0. The third kappa shape index (κ3) is 7.02. The highest BCUT2D eigenvalue weighted by Crippen LogP contribution is 2.38. The molecule has 4 N–H and O–H groups in total. The second-order valence-corrected chi connectivity index (χ2v) is 8.31. The number of ether oxygens (including phenoxy) is 3. The molecule has 0 aliphatic carbocycles. The van der Waals surface area contributed by atoms with E-state index in [-0.39, 0.29) is 50.2 Å². The predicted octanol–water partition coefficient (Wildman–Crippen LogP) is -0.0867. The van der Waals surface area contributed by atoms with E-state index in [0.29, 0.717) is 12.0 Å². The first-order chi connectivity index (χ1) is 14.1. The maximum atomic E-state index is 11.9. The van der Waals surface area contributed by atoms with Crippen molar-refractivity contribution in [2.24, 2.45) is 11.8 Å². The van der Waals surface area contributed by atoms with Gasteiger partial charge in [0.25, 0.3) is 0 Å². The minimum atomic E-state index is -1.08. The van der Waals surface area contributed by atoms with Gasteiger partial charge in [-0.3, -0.25) is 9.59 Å². The molecule has 2 heterocycles. The summed E-state index contributed by atoms with van der Waals surface area (Å²) in [5.41, 5.74) is 0.655. The molecule has 8 atom stereocenters. The average molecular weight is 430 g/mol. The second-order valence-electron chi connectivity index (χ2n) is 8.31. The molecule has 2 fully saturated rings. The first-order valence-electron chi connectivity index (χ1n) is 10.6. The van der Waals surface area contributed by atoms with Gasteiger partial charge < -0.3 is 34.8 Å². The molecule has 2 saturated heterocycles. The summed E-state index contributed by atoms with van der Waals surface area (Å²) in [4.78, 5) is 23.2. The van der Waals surface area contributed by atoms with Crippen LogP contribution in [0.2, 0.25) is 0 Å². The Kier molecular flexibility index (Phi) is 9.24. The van der Waals surface area contributed by atoms with Gasteiger partial charge in [0.2, 0.25) is 5.91 Å². The fraction of sp³-hybridized carbons (Fsp3) is 0.810. The van der Waals surface area contributed by atoms with Crippen LogP contribution >= 0.6 is 0 Å². The number of aliphatic hydroxyl groups excluding tert-OH is 3. The number of carbonyl (C=O) groups is 2. The first kappa shape index (κ1) is 24.7. The smallest absolute Gasteiger partial charge is 0.325 e. The van der Waals surface area contributed by atoms with Gasteiger partial charge in [0.15, 0.2) is 0 Å². The van der Waals surface area contributed by atoms with Crippen molar-refractivity contribution in [2.75, 3.05) is 19.8 Å². The third-order valence-corrected chi connectivity index (χ3v) is 5.79. The number of nitrogens with one attached hydrogen (secondary N) is 1. The normalized spacial score (nSPS) is 33.5. The van der Waals surface area contributed by atoms with E-state index in [4.69, 9.17) is 14.2 Å². The van der Waals surface area contributed by atoms with Crippen LogP contribution in [0, 0.1) is 11.8 Å². The molecule has 2 aliphatic heterocycles. The highest BCUT2D eigenvalue weighted by molar-refractivity contribution is 5.90. The molecular formula is C21H35NO8. The van der Waals surface area contributed by atoms with Gasteiger partial charge in [-0.05, 0) is 33.6 Å². The van der Waals surface area contributed by atoms with Crippen LogP contribution < -0.4 is 5.32 Å². The lowest BCUT2D eigenvalue weighted by Crippen LogP contribution is -2.50. The Balaban J connectivity index is 1.78. The zero-order valence-electron chi connectivity index (χ0n) is 18.1. The van der Waals surface area contributed by atoms with Gasteiger partial charge in [-0.2, -0.15) is 0 Å². The summed E-state index contributed by atoms with van der Waals surface area (Å²) in [6.45, 7) is 7.37. The molecule has 9 heteroatoms. The number of hydrogen-bond acceptors (Lipinski definition) is 8. The van der Waals surface area contributed by atoms with E-state index in [0.717, 1.165) is 0 Å². The predicted molar refractivity (Wildman–Crippen MR) is 107 cm³/mol. The van der Waals surface area contributed by atoms with E-state index in [1.807, 2.05) is 6.92 Å². The number of carbonyl (C=O) groups excluding carboxylic acids is 2. The van der Waals surface area contributed by atoms with Crippen molar-refractivity contribution < 1.29 is 39.1 Å². The summed E-state index contributed by atoms with van der Waals surface area (Å²) >= 11 is 0. The minimum Gasteiger partial charge on any atom is -0.465 e. The van der Waals surface area contributed by atoms with Crippen LogP contribution in [0.15, 0.2) is 11.6 Å². The Morgan fingerprint density at radius 3 is 2.57 bits per heavy atom. The van der Waals surface area contributed by atoms with Gasteiger partial charge in [-0.15, -0.1) is 0 Å². The Hall–Kier alpha value is -1.52. The Labute approximate surface area is 177 Å². The SMILES string of the molecule is CCOC(=O)CNC(=O)/C=C(\C)C[C@@H]1OC[C@H](C[C@@H]2O[C@H]2[C@@H](C)[C@H](C)O)[C@@H](O)[C@H]1O. The zero-order valence-corrected chi connectivity index (χ0v) is 18.1. The van der Waals surface area contributed by atoms with E-state index in [2.05, 4.69) is 5.32 Å². The molecule has 0 unspecified atom stereocenters. The van der Waals surface area contributed by atoms with Gasteiger partial charge >= 0.3 is 5.97 Å². The first-order valence-corrected chi connectivity index (χ1v) is 10.6. The molecule has 2 rings (SSSR count). The lowest BCUT2D eigenvalue weighted by atomic mass is 9.85. The van der Waals surface area contributed by atoms with Gasteiger partial charge in [-0.1, -0.05) is 12.5 Å². The van der Waals surface area contributed by atoms with Crippen molar-refractivity contribution in [3.8, 4) is 0 Å². The van der Waals surface area contributed by atoms with Crippen LogP contribution in [0.1, 0.15) is 40.5 Å². The summed E-state index contributed by atoms with van der Waals surface area (Å²) < 4.78 is 16.1. The summed E-state index contributed by atoms with van der Waals surface area (Å²) in [5.74, 6) is -1.20. The van der Waals surface area contributed by atoms with Gasteiger partial charge in [0.1, 0.15) is 12.6 Å². The fourth-order valence-corrected chi connectivity index (χ4v) is 3.73. The van der Waals surface area contributed by atoms with Crippen molar-refractivity contribution in [2.45, 2.75) is 77.2 Å².